The Balaban J connectivity index is 1.71. The molecule has 2 N–H and O–H groups in total. The van der Waals surface area contributed by atoms with E-state index >= 15 is 0 Å². The van der Waals surface area contributed by atoms with E-state index in [1.807, 2.05) is 0 Å². The quantitative estimate of drug-likeness (QED) is 0.798. The number of amides is 1. The number of hydrogen-bond donors (Lipinski definition) is 2. The van der Waals surface area contributed by atoms with Gasteiger partial charge in [0.2, 0.25) is 5.91 Å². The number of carbonyl (C=O) groups is 1. The molecule has 2 fully saturated rings. The molecule has 0 bridgehead atoms. The molecule has 18 heavy (non-hydrogen) atoms. The van der Waals surface area contributed by atoms with Crippen molar-refractivity contribution in [3.8, 4) is 0 Å². The van der Waals surface area contributed by atoms with Crippen LogP contribution in [-0.2, 0) is 9.53 Å². The predicted molar refractivity (Wildman–Crippen MR) is 71.4 cm³/mol. The Morgan fingerprint density at radius 2 is 2.22 bits per heavy atom. The van der Waals surface area contributed by atoms with Crippen LogP contribution in [0.1, 0.15) is 46.0 Å². The Bertz CT molecular complexity index is 267. The number of ether oxygens (including phenoxy) is 1. The molecule has 0 saturated carbocycles. The molecule has 0 radical (unpaired) electrons. The molecule has 0 aromatic heterocycles. The first kappa shape index (κ1) is 13.8. The maximum absolute atomic E-state index is 12.0. The lowest BCUT2D eigenvalue weighted by molar-refractivity contribution is -0.123. The summed E-state index contributed by atoms with van der Waals surface area (Å²) >= 11 is 0. The van der Waals surface area contributed by atoms with Gasteiger partial charge in [-0.3, -0.25) is 4.79 Å². The molecule has 4 heteroatoms. The largest absolute Gasteiger partial charge is 0.378 e. The lowest BCUT2D eigenvalue weighted by atomic mass is 9.89. The fraction of sp³-hybridized carbons (Fsp3) is 0.929. The maximum Gasteiger partial charge on any atom is 0.220 e. The third-order valence-corrected chi connectivity index (χ3v) is 4.26. The van der Waals surface area contributed by atoms with Crippen LogP contribution in [0.3, 0.4) is 0 Å². The highest BCUT2D eigenvalue weighted by atomic mass is 16.5. The van der Waals surface area contributed by atoms with Crippen LogP contribution in [0.5, 0.6) is 0 Å². The van der Waals surface area contributed by atoms with E-state index in [0.29, 0.717) is 24.5 Å². The molecule has 4 unspecified atom stereocenters. The standard InChI is InChI=1S/C14H26N2O2/c1-10-7-8-15-11(2)14(10)16-13(17)6-5-12-4-3-9-18-12/h10-12,14-15H,3-9H2,1-2H3,(H,16,17). The van der Waals surface area contributed by atoms with E-state index in [4.69, 9.17) is 4.74 Å². The highest BCUT2D eigenvalue weighted by Crippen LogP contribution is 2.18. The summed E-state index contributed by atoms with van der Waals surface area (Å²) in [6.07, 6.45) is 5.18. The first-order valence-corrected chi connectivity index (χ1v) is 7.31. The molecule has 0 aromatic rings. The lowest BCUT2D eigenvalue weighted by Crippen LogP contribution is -2.55. The molecule has 2 aliphatic rings. The third-order valence-electron chi connectivity index (χ3n) is 4.26. The summed E-state index contributed by atoms with van der Waals surface area (Å²) in [5, 5.41) is 6.61. The minimum atomic E-state index is 0.179. The van der Waals surface area contributed by atoms with Crippen LogP contribution in [0, 0.1) is 5.92 Å². The van der Waals surface area contributed by atoms with Crippen LogP contribution in [0.15, 0.2) is 0 Å². The molecule has 2 heterocycles. The summed E-state index contributed by atoms with van der Waals surface area (Å²) < 4.78 is 5.54. The first-order valence-electron chi connectivity index (χ1n) is 7.31. The second-order valence-corrected chi connectivity index (χ2v) is 5.78. The number of carbonyl (C=O) groups excluding carboxylic acids is 1. The van der Waals surface area contributed by atoms with E-state index in [0.717, 1.165) is 38.8 Å². The predicted octanol–water partition coefficient (Wildman–Crippen LogP) is 1.45. The topological polar surface area (TPSA) is 50.4 Å². The summed E-state index contributed by atoms with van der Waals surface area (Å²) in [6.45, 7) is 6.31. The zero-order valence-electron chi connectivity index (χ0n) is 11.6. The molecular weight excluding hydrogens is 228 g/mol. The fourth-order valence-corrected chi connectivity index (χ4v) is 3.03. The first-order chi connectivity index (χ1) is 8.66. The number of piperidine rings is 1. The molecule has 2 aliphatic heterocycles. The van der Waals surface area contributed by atoms with Crippen molar-refractivity contribution in [3.63, 3.8) is 0 Å². The van der Waals surface area contributed by atoms with Gasteiger partial charge in [0.25, 0.3) is 0 Å². The molecule has 0 aromatic carbocycles. The van der Waals surface area contributed by atoms with Crippen molar-refractivity contribution in [2.24, 2.45) is 5.92 Å². The van der Waals surface area contributed by atoms with Gasteiger partial charge in [0.1, 0.15) is 0 Å². The van der Waals surface area contributed by atoms with Gasteiger partial charge < -0.3 is 15.4 Å². The molecular formula is C14H26N2O2. The molecule has 0 aliphatic carbocycles. The summed E-state index contributed by atoms with van der Waals surface area (Å²) in [6, 6.07) is 0.649. The number of nitrogens with one attached hydrogen (secondary N) is 2. The Hall–Kier alpha value is -0.610. The molecule has 0 spiro atoms. The average molecular weight is 254 g/mol. The van der Waals surface area contributed by atoms with Crippen LogP contribution in [0.2, 0.25) is 0 Å². The van der Waals surface area contributed by atoms with Crippen molar-refractivity contribution < 1.29 is 9.53 Å². The van der Waals surface area contributed by atoms with Crippen molar-refractivity contribution in [1.82, 2.24) is 10.6 Å². The number of hydrogen-bond acceptors (Lipinski definition) is 3. The van der Waals surface area contributed by atoms with Gasteiger partial charge >= 0.3 is 0 Å². The second-order valence-electron chi connectivity index (χ2n) is 5.78. The van der Waals surface area contributed by atoms with Gasteiger partial charge in [0.15, 0.2) is 0 Å². The van der Waals surface area contributed by atoms with Crippen LogP contribution in [0.25, 0.3) is 0 Å². The highest BCUT2D eigenvalue weighted by Gasteiger charge is 2.28. The van der Waals surface area contributed by atoms with Crippen LogP contribution >= 0.6 is 0 Å². The molecule has 4 atom stereocenters. The zero-order valence-corrected chi connectivity index (χ0v) is 11.6. The van der Waals surface area contributed by atoms with Gasteiger partial charge in [-0.05, 0) is 45.1 Å². The van der Waals surface area contributed by atoms with E-state index in [9.17, 15) is 4.79 Å². The molecule has 2 saturated heterocycles. The van der Waals surface area contributed by atoms with E-state index < -0.39 is 0 Å². The van der Waals surface area contributed by atoms with Crippen LogP contribution in [-0.4, -0.2) is 37.2 Å². The lowest BCUT2D eigenvalue weighted by Gasteiger charge is -2.36. The van der Waals surface area contributed by atoms with E-state index in [1.54, 1.807) is 0 Å². The van der Waals surface area contributed by atoms with Gasteiger partial charge in [-0.2, -0.15) is 0 Å². The normalized spacial score (nSPS) is 36.6. The summed E-state index contributed by atoms with van der Waals surface area (Å²) in [4.78, 5) is 12.0. The van der Waals surface area contributed by atoms with E-state index in [-0.39, 0.29) is 11.9 Å². The maximum atomic E-state index is 12.0. The minimum absolute atomic E-state index is 0.179. The van der Waals surface area contributed by atoms with E-state index in [1.165, 1.54) is 0 Å². The van der Waals surface area contributed by atoms with Crippen molar-refractivity contribution in [2.45, 2.75) is 64.1 Å². The van der Waals surface area contributed by atoms with Crippen molar-refractivity contribution in [1.29, 1.82) is 0 Å². The third kappa shape index (κ3) is 3.69. The average Bonchev–Trinajstić information content (AvgIpc) is 2.84. The van der Waals surface area contributed by atoms with Gasteiger partial charge in [-0.25, -0.2) is 0 Å². The Morgan fingerprint density at radius 3 is 2.89 bits per heavy atom. The second kappa shape index (κ2) is 6.53. The minimum Gasteiger partial charge on any atom is -0.378 e. The van der Waals surface area contributed by atoms with Crippen LogP contribution in [0.4, 0.5) is 0 Å². The Morgan fingerprint density at radius 1 is 1.39 bits per heavy atom. The van der Waals surface area contributed by atoms with Gasteiger partial charge in [-0.1, -0.05) is 6.92 Å². The van der Waals surface area contributed by atoms with Crippen LogP contribution < -0.4 is 10.6 Å². The zero-order chi connectivity index (χ0) is 13.0. The molecule has 1 amide bonds. The Kier molecular flexibility index (Phi) is 5.01. The number of rotatable bonds is 4. The summed E-state index contributed by atoms with van der Waals surface area (Å²) in [5.41, 5.74) is 0. The summed E-state index contributed by atoms with van der Waals surface area (Å²) in [5.74, 6) is 0.742. The SMILES string of the molecule is CC1CCNC(C)C1NC(=O)CCC1CCCO1. The van der Waals surface area contributed by atoms with Gasteiger partial charge in [-0.15, -0.1) is 0 Å². The molecule has 2 rings (SSSR count). The van der Waals surface area contributed by atoms with Crippen molar-refractivity contribution in [3.05, 3.63) is 0 Å². The monoisotopic (exact) mass is 254 g/mol. The smallest absolute Gasteiger partial charge is 0.220 e. The van der Waals surface area contributed by atoms with E-state index in [2.05, 4.69) is 24.5 Å². The van der Waals surface area contributed by atoms with Gasteiger partial charge in [0, 0.05) is 25.1 Å². The van der Waals surface area contributed by atoms with Crippen molar-refractivity contribution in [2.75, 3.05) is 13.2 Å². The van der Waals surface area contributed by atoms with Gasteiger partial charge in [0.05, 0.1) is 6.10 Å². The summed E-state index contributed by atoms with van der Waals surface area (Å²) in [7, 11) is 0. The fourth-order valence-electron chi connectivity index (χ4n) is 3.03. The Labute approximate surface area is 110 Å². The molecule has 104 valence electrons. The molecule has 4 nitrogen and oxygen atoms in total. The highest BCUT2D eigenvalue weighted by molar-refractivity contribution is 5.76. The van der Waals surface area contributed by atoms with Crippen molar-refractivity contribution >= 4 is 5.91 Å².